The largest absolute Gasteiger partial charge is 0.326 e. The van der Waals surface area contributed by atoms with Gasteiger partial charge in [-0.1, -0.05) is 11.6 Å². The summed E-state index contributed by atoms with van der Waals surface area (Å²) >= 11 is 7.23. The highest BCUT2D eigenvalue weighted by molar-refractivity contribution is 7.89. The van der Waals surface area contributed by atoms with Crippen molar-refractivity contribution in [3.8, 4) is 0 Å². The first kappa shape index (κ1) is 16.4. The second-order valence-corrected chi connectivity index (χ2v) is 7.68. The molecule has 0 atom stereocenters. The standard InChI is InChI=1S/C13H14ClFN2O2S2/c1-17(7-9-2-3-20-8-9)21(18,19)11-4-10(6-16)13(14)12(15)5-11/h2-5,8H,6-7,16H2,1H3. The number of hydrogen-bond donors (Lipinski definition) is 1. The van der Waals surface area contributed by atoms with E-state index < -0.39 is 15.8 Å². The molecule has 114 valence electrons. The first-order valence-electron chi connectivity index (χ1n) is 6.01. The van der Waals surface area contributed by atoms with Crippen LogP contribution in [0.25, 0.3) is 0 Å². The molecule has 0 saturated carbocycles. The Labute approximate surface area is 132 Å². The van der Waals surface area contributed by atoms with E-state index in [-0.39, 0.29) is 28.6 Å². The highest BCUT2D eigenvalue weighted by atomic mass is 35.5. The lowest BCUT2D eigenvalue weighted by Gasteiger charge is -2.17. The van der Waals surface area contributed by atoms with Crippen molar-refractivity contribution in [3.63, 3.8) is 0 Å². The maximum atomic E-state index is 13.7. The average molecular weight is 349 g/mol. The van der Waals surface area contributed by atoms with Gasteiger partial charge in [0.15, 0.2) is 0 Å². The van der Waals surface area contributed by atoms with Gasteiger partial charge in [-0.25, -0.2) is 12.8 Å². The Balaban J connectivity index is 2.37. The summed E-state index contributed by atoms with van der Waals surface area (Å²) in [7, 11) is -2.36. The van der Waals surface area contributed by atoms with Crippen LogP contribution in [0.3, 0.4) is 0 Å². The molecule has 4 nitrogen and oxygen atoms in total. The van der Waals surface area contributed by atoms with Crippen LogP contribution in [0.5, 0.6) is 0 Å². The van der Waals surface area contributed by atoms with E-state index in [0.717, 1.165) is 15.9 Å². The van der Waals surface area contributed by atoms with E-state index in [2.05, 4.69) is 0 Å². The zero-order valence-corrected chi connectivity index (χ0v) is 13.6. The Morgan fingerprint density at radius 2 is 2.14 bits per heavy atom. The van der Waals surface area contributed by atoms with Gasteiger partial charge in [-0.05, 0) is 40.1 Å². The molecule has 2 N–H and O–H groups in total. The number of thiophene rings is 1. The molecule has 0 saturated heterocycles. The zero-order valence-electron chi connectivity index (χ0n) is 11.2. The topological polar surface area (TPSA) is 63.4 Å². The van der Waals surface area contributed by atoms with E-state index in [1.54, 1.807) is 0 Å². The molecule has 0 amide bonds. The van der Waals surface area contributed by atoms with Gasteiger partial charge in [0.25, 0.3) is 0 Å². The van der Waals surface area contributed by atoms with Crippen molar-refractivity contribution in [1.82, 2.24) is 4.31 Å². The molecular formula is C13H14ClFN2O2S2. The van der Waals surface area contributed by atoms with Crippen LogP contribution in [0.4, 0.5) is 4.39 Å². The molecule has 0 aliphatic rings. The first-order valence-corrected chi connectivity index (χ1v) is 8.77. The average Bonchev–Trinajstić information content (AvgIpc) is 2.94. The van der Waals surface area contributed by atoms with Crippen LogP contribution in [0, 0.1) is 5.82 Å². The monoisotopic (exact) mass is 348 g/mol. The number of hydrogen-bond acceptors (Lipinski definition) is 4. The van der Waals surface area contributed by atoms with Gasteiger partial charge in [-0.2, -0.15) is 15.6 Å². The van der Waals surface area contributed by atoms with Crippen LogP contribution in [-0.4, -0.2) is 19.8 Å². The molecule has 1 heterocycles. The van der Waals surface area contributed by atoms with Gasteiger partial charge >= 0.3 is 0 Å². The summed E-state index contributed by atoms with van der Waals surface area (Å²) in [5.74, 6) is -0.790. The fraction of sp³-hybridized carbons (Fsp3) is 0.231. The summed E-state index contributed by atoms with van der Waals surface area (Å²) in [4.78, 5) is -0.150. The third-order valence-electron chi connectivity index (χ3n) is 2.99. The van der Waals surface area contributed by atoms with Crippen LogP contribution >= 0.6 is 22.9 Å². The predicted octanol–water partition coefficient (Wildman–Crippen LogP) is 2.82. The van der Waals surface area contributed by atoms with Gasteiger partial charge in [-0.15, -0.1) is 0 Å². The van der Waals surface area contributed by atoms with E-state index in [1.165, 1.54) is 24.5 Å². The molecule has 21 heavy (non-hydrogen) atoms. The molecule has 0 radical (unpaired) electrons. The maximum Gasteiger partial charge on any atom is 0.243 e. The van der Waals surface area contributed by atoms with Crippen molar-refractivity contribution in [2.75, 3.05) is 7.05 Å². The van der Waals surface area contributed by atoms with E-state index in [1.807, 2.05) is 16.8 Å². The molecule has 2 aromatic rings. The zero-order chi connectivity index (χ0) is 15.6. The van der Waals surface area contributed by atoms with Crippen molar-refractivity contribution in [3.05, 3.63) is 50.9 Å². The molecule has 0 unspecified atom stereocenters. The lowest BCUT2D eigenvalue weighted by molar-refractivity contribution is 0.466. The Morgan fingerprint density at radius 1 is 1.43 bits per heavy atom. The number of halogens is 2. The van der Waals surface area contributed by atoms with Crippen molar-refractivity contribution in [2.24, 2.45) is 5.73 Å². The Kier molecular flexibility index (Phi) is 5.00. The van der Waals surface area contributed by atoms with Crippen molar-refractivity contribution >= 4 is 33.0 Å². The highest BCUT2D eigenvalue weighted by Gasteiger charge is 2.23. The quantitative estimate of drug-likeness (QED) is 0.903. The third kappa shape index (κ3) is 3.44. The minimum absolute atomic E-state index is 0.0344. The number of sulfonamides is 1. The molecule has 1 aromatic heterocycles. The SMILES string of the molecule is CN(Cc1ccsc1)S(=O)(=O)c1cc(F)c(Cl)c(CN)c1. The summed E-state index contributed by atoms with van der Waals surface area (Å²) in [5.41, 5.74) is 6.60. The molecule has 0 fully saturated rings. The maximum absolute atomic E-state index is 13.7. The van der Waals surface area contributed by atoms with E-state index in [0.29, 0.717) is 0 Å². The summed E-state index contributed by atoms with van der Waals surface area (Å²) in [6.45, 7) is 0.182. The predicted molar refractivity (Wildman–Crippen MR) is 82.3 cm³/mol. The highest BCUT2D eigenvalue weighted by Crippen LogP contribution is 2.26. The molecule has 0 aliphatic heterocycles. The van der Waals surface area contributed by atoms with Gasteiger partial charge in [0.05, 0.1) is 9.92 Å². The van der Waals surface area contributed by atoms with Gasteiger partial charge in [0.1, 0.15) is 5.82 Å². The van der Waals surface area contributed by atoms with Gasteiger partial charge in [0.2, 0.25) is 10.0 Å². The molecule has 1 aromatic carbocycles. The fourth-order valence-corrected chi connectivity index (χ4v) is 3.89. The molecule has 2 rings (SSSR count). The number of benzene rings is 1. The van der Waals surface area contributed by atoms with Crippen LogP contribution in [-0.2, 0) is 23.1 Å². The van der Waals surface area contributed by atoms with Crippen molar-refractivity contribution in [1.29, 1.82) is 0 Å². The number of nitrogens with zero attached hydrogens (tertiary/aromatic N) is 1. The van der Waals surface area contributed by atoms with Gasteiger partial charge in [-0.3, -0.25) is 0 Å². The molecule has 8 heteroatoms. The van der Waals surface area contributed by atoms with Crippen LogP contribution < -0.4 is 5.73 Å². The normalized spacial score (nSPS) is 12.0. The van der Waals surface area contributed by atoms with E-state index in [9.17, 15) is 12.8 Å². The fourth-order valence-electron chi connectivity index (χ4n) is 1.82. The molecule has 0 aliphatic carbocycles. The van der Waals surface area contributed by atoms with Gasteiger partial charge in [0, 0.05) is 20.1 Å². The second kappa shape index (κ2) is 6.41. The van der Waals surface area contributed by atoms with Crippen LogP contribution in [0.2, 0.25) is 5.02 Å². The lowest BCUT2D eigenvalue weighted by atomic mass is 10.2. The van der Waals surface area contributed by atoms with E-state index in [4.69, 9.17) is 17.3 Å². The molecular weight excluding hydrogens is 335 g/mol. The van der Waals surface area contributed by atoms with Crippen molar-refractivity contribution in [2.45, 2.75) is 18.0 Å². The number of nitrogens with two attached hydrogens (primary N) is 1. The molecule has 0 spiro atoms. The third-order valence-corrected chi connectivity index (χ3v) is 5.93. The van der Waals surface area contributed by atoms with Crippen LogP contribution in [0.1, 0.15) is 11.1 Å². The second-order valence-electron chi connectivity index (χ2n) is 4.48. The smallest absolute Gasteiger partial charge is 0.243 e. The first-order chi connectivity index (χ1) is 9.86. The minimum Gasteiger partial charge on any atom is -0.326 e. The Hall–Kier alpha value is -0.990. The minimum atomic E-state index is -3.80. The lowest BCUT2D eigenvalue weighted by Crippen LogP contribution is -2.26. The molecule has 0 bridgehead atoms. The van der Waals surface area contributed by atoms with Crippen molar-refractivity contribution < 1.29 is 12.8 Å². The van der Waals surface area contributed by atoms with E-state index >= 15 is 0 Å². The number of rotatable bonds is 5. The Bertz CT molecular complexity index is 733. The Morgan fingerprint density at radius 3 is 2.71 bits per heavy atom. The summed E-state index contributed by atoms with van der Waals surface area (Å²) < 4.78 is 39.8. The van der Waals surface area contributed by atoms with Crippen LogP contribution in [0.15, 0.2) is 33.9 Å². The summed E-state index contributed by atoms with van der Waals surface area (Å²) in [6, 6.07) is 4.07. The van der Waals surface area contributed by atoms with Gasteiger partial charge < -0.3 is 5.73 Å². The summed E-state index contributed by atoms with van der Waals surface area (Å²) in [6.07, 6.45) is 0. The summed E-state index contributed by atoms with van der Waals surface area (Å²) in [5, 5.41) is 3.58.